The van der Waals surface area contributed by atoms with E-state index in [-0.39, 0.29) is 0 Å². The molecule has 48 heavy (non-hydrogen) atoms. The number of hydrogen-bond acceptors (Lipinski definition) is 4. The molecule has 6 heterocycles. The van der Waals surface area contributed by atoms with Crippen molar-refractivity contribution >= 4 is 51.2 Å². The summed E-state index contributed by atoms with van der Waals surface area (Å²) in [5.74, 6) is 2.26. The molecule has 1 N–H and O–H groups in total. The van der Waals surface area contributed by atoms with Crippen LogP contribution in [0.2, 0.25) is 0 Å². The first-order valence-electron chi connectivity index (χ1n) is 18.4. The van der Waals surface area contributed by atoms with Gasteiger partial charge in [-0.1, -0.05) is 27.7 Å². The van der Waals surface area contributed by atoms with Gasteiger partial charge in [0.25, 0.3) is 0 Å². The maximum atomic E-state index is 2.63. The Morgan fingerprint density at radius 3 is 1.90 bits per heavy atom. The van der Waals surface area contributed by atoms with Crippen molar-refractivity contribution in [1.29, 1.82) is 0 Å². The molecule has 5 aliphatic heterocycles. The molecule has 2 aromatic carbocycles. The topological polar surface area (TPSA) is 14.8 Å². The Labute approximate surface area is 295 Å². The number of nitrogens with one attached hydrogen (secondary N) is 1. The number of quaternary nitrogens is 1. The fourth-order valence-corrected chi connectivity index (χ4v) is 10.5. The minimum Gasteiger partial charge on any atom is -0.371 e. The largest absolute Gasteiger partial charge is 0.371 e. The van der Waals surface area contributed by atoms with E-state index in [0.717, 1.165) is 31.1 Å². The van der Waals surface area contributed by atoms with E-state index >= 15 is 0 Å². The van der Waals surface area contributed by atoms with Gasteiger partial charge in [-0.15, -0.1) is 0 Å². The summed E-state index contributed by atoms with van der Waals surface area (Å²) in [5, 5.41) is 0. The number of aryl methyl sites for hydroxylation is 5. The highest BCUT2D eigenvalue weighted by Gasteiger charge is 2.25. The van der Waals surface area contributed by atoms with Crippen molar-refractivity contribution in [3.05, 3.63) is 118 Å². The number of pyridine rings is 1. The third kappa shape index (κ3) is 7.22. The van der Waals surface area contributed by atoms with Crippen LogP contribution in [0.3, 0.4) is 0 Å². The summed E-state index contributed by atoms with van der Waals surface area (Å²) in [6.07, 6.45) is 28.6. The van der Waals surface area contributed by atoms with Crippen LogP contribution in [0.25, 0.3) is 18.2 Å². The fraction of sp³-hybridized carbons (Fsp3) is 0.405. The van der Waals surface area contributed by atoms with Gasteiger partial charge in [-0.25, -0.2) is 0 Å². The van der Waals surface area contributed by atoms with Crippen molar-refractivity contribution in [2.24, 2.45) is 0 Å². The molecule has 4 nitrogen and oxygen atoms in total. The van der Waals surface area contributed by atoms with Crippen LogP contribution in [0.4, 0.5) is 11.4 Å². The van der Waals surface area contributed by atoms with Crippen LogP contribution in [-0.4, -0.2) is 50.8 Å². The minimum atomic E-state index is 1.02. The number of allylic oxidation sites excluding steroid dienone is 3. The van der Waals surface area contributed by atoms with Gasteiger partial charge in [0.2, 0.25) is 5.69 Å². The Balaban J connectivity index is 0.828. The monoisotopic (exact) mass is 674 g/mol. The molecule has 0 saturated heterocycles. The summed E-state index contributed by atoms with van der Waals surface area (Å²) in [7, 11) is 4.04. The van der Waals surface area contributed by atoms with E-state index in [9.17, 15) is 0 Å². The van der Waals surface area contributed by atoms with Crippen molar-refractivity contribution in [1.82, 2.24) is 0 Å². The molecule has 1 aromatic heterocycles. The first-order valence-corrected chi connectivity index (χ1v) is 20.9. The van der Waals surface area contributed by atoms with Gasteiger partial charge in [0.05, 0.1) is 18.1 Å². The van der Waals surface area contributed by atoms with Crippen molar-refractivity contribution in [3.63, 3.8) is 0 Å². The maximum Gasteiger partial charge on any atom is 0.205 e. The van der Waals surface area contributed by atoms with Gasteiger partial charge >= 0.3 is 0 Å². The van der Waals surface area contributed by atoms with Crippen LogP contribution in [0.1, 0.15) is 64.8 Å². The summed E-state index contributed by atoms with van der Waals surface area (Å²) in [6.45, 7) is 8.19. The van der Waals surface area contributed by atoms with Gasteiger partial charge in [0, 0.05) is 55.8 Å². The lowest BCUT2D eigenvalue weighted by atomic mass is 9.90. The van der Waals surface area contributed by atoms with E-state index in [2.05, 4.69) is 106 Å². The van der Waals surface area contributed by atoms with E-state index in [4.69, 9.17) is 0 Å². The number of hydrogen-bond donors (Lipinski definition) is 1. The molecule has 0 spiro atoms. The molecule has 0 saturated carbocycles. The zero-order valence-corrected chi connectivity index (χ0v) is 30.0. The maximum absolute atomic E-state index is 2.63. The van der Waals surface area contributed by atoms with Crippen LogP contribution in [-0.2, 0) is 32.2 Å². The molecule has 3 aromatic rings. The lowest BCUT2D eigenvalue weighted by molar-refractivity contribution is -0.849. The standard InChI is InChI=1S/C42H49N4S2/c1-3-19-43(39(13-1)17-15-33-29-35-9-5-21-45-22-6-10-36(30-33)41(35)45)25-27-47-48-28-26-44-20-4-2-14-40(44)18-16-34-31-37-11-7-23-46-24-8-12-38(32-34)42(37)46/h1-4,13-19,29-32H,5-12,20-28H2/q+1/p+1/b18-16+. The van der Waals surface area contributed by atoms with Gasteiger partial charge < -0.3 is 9.80 Å². The summed E-state index contributed by atoms with van der Waals surface area (Å²) < 4.78 is 2.41. The Bertz CT molecular complexity index is 1690. The molecule has 0 amide bonds. The highest BCUT2D eigenvalue weighted by atomic mass is 33.1. The first kappa shape index (κ1) is 32.0. The van der Waals surface area contributed by atoms with Crippen molar-refractivity contribution in [2.45, 2.75) is 57.9 Å². The Hall–Kier alpha value is -3.19. The lowest BCUT2D eigenvalue weighted by Crippen LogP contribution is -3.10. The quantitative estimate of drug-likeness (QED) is 0.134. The van der Waals surface area contributed by atoms with Crippen LogP contribution >= 0.6 is 21.6 Å². The van der Waals surface area contributed by atoms with E-state index < -0.39 is 0 Å². The van der Waals surface area contributed by atoms with Crippen LogP contribution < -0.4 is 19.3 Å². The zero-order valence-electron chi connectivity index (χ0n) is 28.3. The summed E-state index contributed by atoms with van der Waals surface area (Å²) >= 11 is 0. The number of nitrogens with zero attached hydrogens (tertiary/aromatic N) is 3. The molecule has 248 valence electrons. The Morgan fingerprint density at radius 1 is 0.688 bits per heavy atom. The van der Waals surface area contributed by atoms with Gasteiger partial charge in [-0.2, -0.15) is 4.57 Å². The molecule has 0 bridgehead atoms. The third-order valence-corrected chi connectivity index (χ3v) is 13.1. The Kier molecular flexibility index (Phi) is 10.1. The molecule has 0 radical (unpaired) electrons. The molecular formula is C42H50N4S2+2. The van der Waals surface area contributed by atoms with E-state index in [1.807, 2.05) is 21.6 Å². The summed E-state index contributed by atoms with van der Waals surface area (Å²) in [5.41, 5.74) is 14.8. The zero-order chi connectivity index (χ0) is 32.1. The minimum absolute atomic E-state index is 1.02. The SMILES string of the molecule is C1=CC[NH+](CCSSCC[n+]2ccccc2/C=C/c2cc3c4c(c2)CCCN4CCC3)C(/C=C/c2cc3c4c(c2)CCCN4CCC3)=C1. The Morgan fingerprint density at radius 2 is 1.27 bits per heavy atom. The molecule has 1 atom stereocenters. The van der Waals surface area contributed by atoms with Crippen molar-refractivity contribution in [2.75, 3.05) is 60.6 Å². The van der Waals surface area contributed by atoms with Crippen LogP contribution in [0, 0.1) is 0 Å². The van der Waals surface area contributed by atoms with Crippen molar-refractivity contribution < 1.29 is 9.47 Å². The predicted octanol–water partition coefficient (Wildman–Crippen LogP) is 6.98. The predicted molar refractivity (Wildman–Crippen MR) is 208 cm³/mol. The van der Waals surface area contributed by atoms with Crippen molar-refractivity contribution in [3.8, 4) is 0 Å². The van der Waals surface area contributed by atoms with Crippen LogP contribution in [0.15, 0.2) is 78.7 Å². The third-order valence-electron chi connectivity index (χ3n) is 10.8. The second-order valence-electron chi connectivity index (χ2n) is 14.0. The summed E-state index contributed by atoms with van der Waals surface area (Å²) in [6, 6.07) is 16.4. The van der Waals surface area contributed by atoms with Gasteiger partial charge in [-0.05, 0) is 145 Å². The molecule has 1 unspecified atom stereocenters. The average molecular weight is 675 g/mol. The highest BCUT2D eigenvalue weighted by molar-refractivity contribution is 8.76. The molecule has 5 aliphatic rings. The van der Waals surface area contributed by atoms with Gasteiger partial charge in [0.1, 0.15) is 12.2 Å². The molecule has 8 rings (SSSR count). The van der Waals surface area contributed by atoms with E-state index in [1.54, 1.807) is 38.5 Å². The molecule has 0 aliphatic carbocycles. The normalized spacial score (nSPS) is 19.9. The smallest absolute Gasteiger partial charge is 0.205 e. The molecule has 6 heteroatoms. The van der Waals surface area contributed by atoms with Gasteiger partial charge in [-0.3, -0.25) is 4.90 Å². The second-order valence-corrected chi connectivity index (χ2v) is 16.7. The second kappa shape index (κ2) is 15.1. The number of benzene rings is 2. The average Bonchev–Trinajstić information content (AvgIpc) is 3.12. The summed E-state index contributed by atoms with van der Waals surface area (Å²) in [4.78, 5) is 6.83. The fourth-order valence-electron chi connectivity index (χ4n) is 8.52. The number of aromatic nitrogens is 1. The highest BCUT2D eigenvalue weighted by Crippen LogP contribution is 2.37. The number of anilines is 2. The van der Waals surface area contributed by atoms with Crippen LogP contribution in [0.5, 0.6) is 0 Å². The van der Waals surface area contributed by atoms with E-state index in [0.29, 0.717) is 0 Å². The first-order chi connectivity index (χ1) is 23.8. The van der Waals surface area contributed by atoms with Gasteiger partial charge in [0.15, 0.2) is 12.7 Å². The number of rotatable bonds is 11. The molecular weight excluding hydrogens is 625 g/mol. The lowest BCUT2D eigenvalue weighted by Gasteiger charge is -2.37. The molecule has 0 fully saturated rings. The van der Waals surface area contributed by atoms with E-state index in [1.165, 1.54) is 100 Å².